The van der Waals surface area contributed by atoms with E-state index in [1.54, 1.807) is 0 Å². The standard InChI is InChI=1S/C16H23FN2/c17-14-5-3-13(4-6-14)16(18)9-10-19(15-7-8-15)11-12-1-2-12/h3-6,12,15-16H,1-2,7-11,18H2. The first-order valence-corrected chi connectivity index (χ1v) is 7.47. The zero-order valence-corrected chi connectivity index (χ0v) is 11.4. The lowest BCUT2D eigenvalue weighted by atomic mass is 10.0. The Bertz CT molecular complexity index is 409. The Kier molecular flexibility index (Phi) is 3.85. The van der Waals surface area contributed by atoms with Crippen molar-refractivity contribution < 1.29 is 4.39 Å². The monoisotopic (exact) mass is 262 g/mol. The highest BCUT2D eigenvalue weighted by Crippen LogP contribution is 2.35. The SMILES string of the molecule is NC(CCN(CC1CC1)C1CC1)c1ccc(F)cc1. The lowest BCUT2D eigenvalue weighted by Gasteiger charge is -2.23. The van der Waals surface area contributed by atoms with Crippen molar-refractivity contribution in [2.24, 2.45) is 11.7 Å². The van der Waals surface area contributed by atoms with E-state index in [4.69, 9.17) is 5.73 Å². The molecule has 0 aliphatic heterocycles. The van der Waals surface area contributed by atoms with Crippen LogP contribution in [-0.2, 0) is 0 Å². The molecule has 0 heterocycles. The lowest BCUT2D eigenvalue weighted by Crippen LogP contribution is -2.31. The van der Waals surface area contributed by atoms with Crippen molar-refractivity contribution >= 4 is 0 Å². The van der Waals surface area contributed by atoms with Gasteiger partial charge in [0.15, 0.2) is 0 Å². The summed E-state index contributed by atoms with van der Waals surface area (Å²) in [7, 11) is 0. The van der Waals surface area contributed by atoms with Crippen LogP contribution < -0.4 is 5.73 Å². The van der Waals surface area contributed by atoms with Gasteiger partial charge < -0.3 is 10.6 Å². The second kappa shape index (κ2) is 5.59. The first-order valence-electron chi connectivity index (χ1n) is 7.47. The summed E-state index contributed by atoms with van der Waals surface area (Å²) < 4.78 is 12.9. The van der Waals surface area contributed by atoms with Gasteiger partial charge in [-0.2, -0.15) is 0 Å². The minimum absolute atomic E-state index is 0.0288. The van der Waals surface area contributed by atoms with E-state index >= 15 is 0 Å². The van der Waals surface area contributed by atoms with E-state index in [1.165, 1.54) is 44.4 Å². The summed E-state index contributed by atoms with van der Waals surface area (Å²) in [4.78, 5) is 2.63. The molecule has 0 amide bonds. The van der Waals surface area contributed by atoms with Crippen molar-refractivity contribution in [2.45, 2.75) is 44.2 Å². The molecule has 1 aromatic carbocycles. The van der Waals surface area contributed by atoms with Crippen molar-refractivity contribution in [3.05, 3.63) is 35.6 Å². The molecule has 2 saturated carbocycles. The largest absolute Gasteiger partial charge is 0.324 e. The third-order valence-electron chi connectivity index (χ3n) is 4.28. The molecular weight excluding hydrogens is 239 g/mol. The minimum Gasteiger partial charge on any atom is -0.324 e. The Morgan fingerprint density at radius 3 is 2.42 bits per heavy atom. The quantitative estimate of drug-likeness (QED) is 0.818. The highest BCUT2D eigenvalue weighted by atomic mass is 19.1. The zero-order chi connectivity index (χ0) is 13.2. The molecule has 1 unspecified atom stereocenters. The first kappa shape index (κ1) is 13.1. The van der Waals surface area contributed by atoms with Crippen LogP contribution in [0.1, 0.15) is 43.7 Å². The van der Waals surface area contributed by atoms with E-state index in [0.29, 0.717) is 0 Å². The van der Waals surface area contributed by atoms with Gasteiger partial charge in [0, 0.05) is 25.2 Å². The van der Waals surface area contributed by atoms with Crippen LogP contribution in [0.4, 0.5) is 4.39 Å². The number of nitrogens with zero attached hydrogens (tertiary/aromatic N) is 1. The van der Waals surface area contributed by atoms with Crippen LogP contribution in [0.2, 0.25) is 0 Å². The summed E-state index contributed by atoms with van der Waals surface area (Å²) in [6.07, 6.45) is 6.51. The summed E-state index contributed by atoms with van der Waals surface area (Å²) in [5.41, 5.74) is 7.26. The van der Waals surface area contributed by atoms with Crippen molar-refractivity contribution in [1.82, 2.24) is 4.90 Å². The van der Waals surface area contributed by atoms with E-state index in [-0.39, 0.29) is 11.9 Å². The van der Waals surface area contributed by atoms with Gasteiger partial charge >= 0.3 is 0 Å². The Morgan fingerprint density at radius 1 is 1.16 bits per heavy atom. The number of benzene rings is 1. The first-order chi connectivity index (χ1) is 9.22. The average molecular weight is 262 g/mol. The van der Waals surface area contributed by atoms with Gasteiger partial charge in [0.25, 0.3) is 0 Å². The van der Waals surface area contributed by atoms with Gasteiger partial charge in [-0.1, -0.05) is 12.1 Å². The van der Waals surface area contributed by atoms with Gasteiger partial charge in [-0.15, -0.1) is 0 Å². The molecule has 1 atom stereocenters. The minimum atomic E-state index is -0.190. The second-order valence-electron chi connectivity index (χ2n) is 6.12. The van der Waals surface area contributed by atoms with Gasteiger partial charge in [-0.3, -0.25) is 0 Å². The molecule has 0 bridgehead atoms. The van der Waals surface area contributed by atoms with Crippen LogP contribution in [0.3, 0.4) is 0 Å². The smallest absolute Gasteiger partial charge is 0.123 e. The van der Waals surface area contributed by atoms with Crippen LogP contribution >= 0.6 is 0 Å². The summed E-state index contributed by atoms with van der Waals surface area (Å²) in [6, 6.07) is 7.46. The molecule has 3 heteroatoms. The maximum absolute atomic E-state index is 12.9. The summed E-state index contributed by atoms with van der Waals surface area (Å²) in [6.45, 7) is 2.35. The molecule has 2 N–H and O–H groups in total. The highest BCUT2D eigenvalue weighted by Gasteiger charge is 2.33. The van der Waals surface area contributed by atoms with Crippen molar-refractivity contribution in [1.29, 1.82) is 0 Å². The summed E-state index contributed by atoms with van der Waals surface area (Å²) in [5.74, 6) is 0.756. The number of hydrogen-bond acceptors (Lipinski definition) is 2. The van der Waals surface area contributed by atoms with Gasteiger partial charge in [0.1, 0.15) is 5.82 Å². The maximum Gasteiger partial charge on any atom is 0.123 e. The normalized spacial score (nSPS) is 20.8. The number of hydrogen-bond donors (Lipinski definition) is 1. The van der Waals surface area contributed by atoms with E-state index in [0.717, 1.165) is 30.5 Å². The van der Waals surface area contributed by atoms with Crippen molar-refractivity contribution in [3.63, 3.8) is 0 Å². The second-order valence-corrected chi connectivity index (χ2v) is 6.12. The zero-order valence-electron chi connectivity index (χ0n) is 11.4. The molecule has 104 valence electrons. The molecule has 2 fully saturated rings. The fourth-order valence-electron chi connectivity index (χ4n) is 2.68. The lowest BCUT2D eigenvalue weighted by molar-refractivity contribution is 0.243. The summed E-state index contributed by atoms with van der Waals surface area (Å²) in [5, 5.41) is 0. The molecule has 3 rings (SSSR count). The van der Waals surface area contributed by atoms with Gasteiger partial charge in [0.2, 0.25) is 0 Å². The fraction of sp³-hybridized carbons (Fsp3) is 0.625. The van der Waals surface area contributed by atoms with Gasteiger partial charge in [-0.05, 0) is 55.7 Å². The van der Waals surface area contributed by atoms with Crippen LogP contribution in [0, 0.1) is 11.7 Å². The predicted octanol–water partition coefficient (Wildman–Crippen LogP) is 3.09. The third kappa shape index (κ3) is 3.77. The topological polar surface area (TPSA) is 29.3 Å². The number of rotatable bonds is 7. The molecule has 2 nitrogen and oxygen atoms in total. The van der Waals surface area contributed by atoms with E-state index in [1.807, 2.05) is 12.1 Å². The molecule has 2 aliphatic carbocycles. The maximum atomic E-state index is 12.9. The van der Waals surface area contributed by atoms with Crippen LogP contribution in [-0.4, -0.2) is 24.0 Å². The van der Waals surface area contributed by atoms with E-state index in [9.17, 15) is 4.39 Å². The van der Waals surface area contributed by atoms with E-state index < -0.39 is 0 Å². The average Bonchev–Trinajstić information content (AvgIpc) is 3.27. The molecule has 0 spiro atoms. The highest BCUT2D eigenvalue weighted by molar-refractivity contribution is 5.19. The molecular formula is C16H23FN2. The Morgan fingerprint density at radius 2 is 1.84 bits per heavy atom. The fourth-order valence-corrected chi connectivity index (χ4v) is 2.68. The van der Waals surface area contributed by atoms with Crippen LogP contribution in [0.25, 0.3) is 0 Å². The van der Waals surface area contributed by atoms with Crippen molar-refractivity contribution in [3.8, 4) is 0 Å². The number of halogens is 1. The Hall–Kier alpha value is -0.930. The molecule has 0 saturated heterocycles. The molecule has 19 heavy (non-hydrogen) atoms. The van der Waals surface area contributed by atoms with Crippen LogP contribution in [0.5, 0.6) is 0 Å². The molecule has 1 aromatic rings. The molecule has 2 aliphatic rings. The summed E-state index contributed by atoms with van der Waals surface area (Å²) >= 11 is 0. The predicted molar refractivity (Wildman–Crippen MR) is 75.3 cm³/mol. The third-order valence-corrected chi connectivity index (χ3v) is 4.28. The van der Waals surface area contributed by atoms with Crippen molar-refractivity contribution in [2.75, 3.05) is 13.1 Å². The van der Waals surface area contributed by atoms with E-state index in [2.05, 4.69) is 4.90 Å². The van der Waals surface area contributed by atoms with Gasteiger partial charge in [-0.25, -0.2) is 4.39 Å². The van der Waals surface area contributed by atoms with Gasteiger partial charge in [0.05, 0.1) is 0 Å². The Balaban J connectivity index is 1.50. The van der Waals surface area contributed by atoms with Crippen LogP contribution in [0.15, 0.2) is 24.3 Å². The molecule has 0 radical (unpaired) electrons. The molecule has 0 aromatic heterocycles. The Labute approximate surface area is 114 Å². The number of nitrogens with two attached hydrogens (primary N) is 1.